The molecule has 252 valence electrons. The second-order valence-corrected chi connectivity index (χ2v) is 14.6. The lowest BCUT2D eigenvalue weighted by Crippen LogP contribution is -2.58. The van der Waals surface area contributed by atoms with Gasteiger partial charge in [0, 0.05) is 17.7 Å². The minimum Gasteiger partial charge on any atom is -0.497 e. The van der Waals surface area contributed by atoms with Crippen molar-refractivity contribution in [3.8, 4) is 11.5 Å². The van der Waals surface area contributed by atoms with Gasteiger partial charge < -0.3 is 24.4 Å². The monoisotopic (exact) mass is 643 g/mol. The lowest BCUT2D eigenvalue weighted by molar-refractivity contribution is -0.141. The Hall–Kier alpha value is -3.50. The molecule has 1 aromatic heterocycles. The second kappa shape index (κ2) is 12.6. The Morgan fingerprint density at radius 2 is 1.83 bits per heavy atom. The molecule has 2 aromatic rings. The summed E-state index contributed by atoms with van der Waals surface area (Å²) in [6, 6.07) is 4.68. The van der Waals surface area contributed by atoms with Crippen LogP contribution in [0.1, 0.15) is 92.2 Å². The lowest BCUT2D eigenvalue weighted by Gasteiger charge is -2.37. The van der Waals surface area contributed by atoms with Gasteiger partial charge in [-0.2, -0.15) is 8.78 Å². The number of alkyl carbamates (subject to hydrolysis) is 1. The minimum absolute atomic E-state index is 0.00416. The largest absolute Gasteiger partial charge is 0.497 e. The Balaban J connectivity index is 1.60. The van der Waals surface area contributed by atoms with Crippen molar-refractivity contribution in [2.75, 3.05) is 13.7 Å². The van der Waals surface area contributed by atoms with Crippen molar-refractivity contribution in [2.24, 2.45) is 17.3 Å². The van der Waals surface area contributed by atoms with E-state index < -0.39 is 65.2 Å². The van der Waals surface area contributed by atoms with Crippen molar-refractivity contribution in [1.82, 2.24) is 15.2 Å². The molecule has 11 heteroatoms. The Morgan fingerprint density at radius 3 is 2.50 bits per heavy atom. The fourth-order valence-corrected chi connectivity index (χ4v) is 7.52. The summed E-state index contributed by atoms with van der Waals surface area (Å²) in [6.07, 6.45) is 1.81. The van der Waals surface area contributed by atoms with Gasteiger partial charge in [-0.1, -0.05) is 34.1 Å². The molecule has 0 unspecified atom stereocenters. The summed E-state index contributed by atoms with van der Waals surface area (Å²) in [6.45, 7) is 10.5. The maximum absolute atomic E-state index is 16.1. The number of ketones is 1. The van der Waals surface area contributed by atoms with Gasteiger partial charge in [0.1, 0.15) is 29.2 Å². The number of fused-ring (bicyclic) bond motifs is 5. The van der Waals surface area contributed by atoms with Crippen molar-refractivity contribution >= 4 is 28.7 Å². The van der Waals surface area contributed by atoms with Crippen LogP contribution in [0.3, 0.4) is 0 Å². The van der Waals surface area contributed by atoms with Gasteiger partial charge in [-0.3, -0.25) is 9.59 Å². The molecule has 3 aliphatic rings. The van der Waals surface area contributed by atoms with Crippen LogP contribution in [-0.4, -0.2) is 65.1 Å². The first-order chi connectivity index (χ1) is 21.5. The van der Waals surface area contributed by atoms with Crippen LogP contribution in [0.15, 0.2) is 24.3 Å². The van der Waals surface area contributed by atoms with Crippen LogP contribution in [0.25, 0.3) is 10.9 Å². The molecule has 1 N–H and O–H groups in total. The zero-order valence-corrected chi connectivity index (χ0v) is 28.0. The predicted molar refractivity (Wildman–Crippen MR) is 169 cm³/mol. The summed E-state index contributed by atoms with van der Waals surface area (Å²) in [5.74, 6) is -4.09. The first-order valence-electron chi connectivity index (χ1n) is 16.4. The molecule has 0 radical (unpaired) electrons. The van der Waals surface area contributed by atoms with Crippen molar-refractivity contribution in [1.29, 1.82) is 0 Å². The third-order valence-corrected chi connectivity index (χ3v) is 10.2. The second-order valence-electron chi connectivity index (χ2n) is 14.6. The average Bonchev–Trinajstić information content (AvgIpc) is 3.50. The van der Waals surface area contributed by atoms with Crippen molar-refractivity contribution in [3.63, 3.8) is 0 Å². The van der Waals surface area contributed by atoms with Gasteiger partial charge in [0.2, 0.25) is 5.91 Å². The molecular formula is C35H47F2N3O6. The number of benzene rings is 1. The summed E-state index contributed by atoms with van der Waals surface area (Å²) in [5.41, 5.74) is -1.59. The molecule has 2 fully saturated rings. The van der Waals surface area contributed by atoms with Crippen LogP contribution < -0.4 is 14.8 Å². The first kappa shape index (κ1) is 33.9. The van der Waals surface area contributed by atoms with E-state index in [4.69, 9.17) is 14.2 Å². The van der Waals surface area contributed by atoms with Crippen molar-refractivity contribution in [2.45, 2.75) is 116 Å². The number of ether oxygens (including phenoxy) is 3. The van der Waals surface area contributed by atoms with Gasteiger partial charge in [0.15, 0.2) is 11.5 Å². The molecule has 0 spiro atoms. The van der Waals surface area contributed by atoms with Gasteiger partial charge in [-0.15, -0.1) is 0 Å². The number of hydrogen-bond acceptors (Lipinski definition) is 7. The Labute approximate surface area is 269 Å². The highest BCUT2D eigenvalue weighted by atomic mass is 19.3. The zero-order valence-electron chi connectivity index (χ0n) is 28.0. The third kappa shape index (κ3) is 6.65. The van der Waals surface area contributed by atoms with Gasteiger partial charge in [-0.25, -0.2) is 9.78 Å². The van der Waals surface area contributed by atoms with Gasteiger partial charge in [0.25, 0.3) is 5.92 Å². The highest BCUT2D eigenvalue weighted by Crippen LogP contribution is 2.44. The number of carbonyl (C=O) groups excluding carboxylic acids is 3. The Kier molecular flexibility index (Phi) is 9.27. The number of halogens is 2. The lowest BCUT2D eigenvalue weighted by atomic mass is 9.85. The zero-order chi connectivity index (χ0) is 33.6. The minimum atomic E-state index is -3.31. The molecule has 2 amide bonds. The fraction of sp³-hybridized carbons (Fsp3) is 0.657. The molecule has 9 nitrogen and oxygen atoms in total. The van der Waals surface area contributed by atoms with Crippen LogP contribution >= 0.6 is 0 Å². The number of nitrogens with one attached hydrogen (secondary N) is 1. The van der Waals surface area contributed by atoms with E-state index in [1.165, 1.54) is 18.9 Å². The summed E-state index contributed by atoms with van der Waals surface area (Å²) >= 11 is 0. The maximum atomic E-state index is 16.1. The first-order valence-corrected chi connectivity index (χ1v) is 16.4. The number of amides is 2. The average molecular weight is 644 g/mol. The number of aromatic nitrogens is 1. The number of Topliss-reactive ketones (excluding diaryl/α,β-unsaturated/α-hetero) is 1. The number of methoxy groups -OCH3 is 1. The molecule has 5 rings (SSSR count). The van der Waals surface area contributed by atoms with Gasteiger partial charge >= 0.3 is 6.09 Å². The molecule has 2 aliphatic heterocycles. The normalized spacial score (nSPS) is 30.7. The van der Waals surface area contributed by atoms with Crippen molar-refractivity contribution in [3.05, 3.63) is 30.0 Å². The Bertz CT molecular complexity index is 1490. The summed E-state index contributed by atoms with van der Waals surface area (Å²) in [5, 5.41) is 3.40. The van der Waals surface area contributed by atoms with E-state index in [-0.39, 0.29) is 30.4 Å². The SMILES string of the molecule is COc1ccc2nc3c(cc2c1)O[C@H]1CN(C(=O)[C@H](C(C)(C)C)NC(=O)O[C@]2(C)CCC[C@H]2CCCCC3(F)F)[C@H](C(C)=O)[C@@H]1C. The summed E-state index contributed by atoms with van der Waals surface area (Å²) in [4.78, 5) is 46.5. The van der Waals surface area contributed by atoms with E-state index in [0.717, 1.165) is 12.8 Å². The topological polar surface area (TPSA) is 107 Å². The summed E-state index contributed by atoms with van der Waals surface area (Å²) < 4.78 is 50.0. The van der Waals surface area contributed by atoms with E-state index in [2.05, 4.69) is 10.3 Å². The molecule has 1 saturated heterocycles. The van der Waals surface area contributed by atoms with Crippen LogP contribution in [0, 0.1) is 17.3 Å². The molecule has 1 saturated carbocycles. The van der Waals surface area contributed by atoms with E-state index in [1.54, 1.807) is 31.2 Å². The molecule has 1 aromatic carbocycles. The Morgan fingerprint density at radius 1 is 1.11 bits per heavy atom. The standard InChI is InChI=1S/C35H47F2N3O6/c1-20-27-19-40(28(20)21(2)41)31(42)30(33(3,4)5)39-32(43)46-34(6)15-10-12-23(34)11-8-9-16-35(36,37)29-26(45-27)18-22-17-24(44-7)13-14-25(22)38-29/h13-14,17-18,20,23,27-28,30H,8-12,15-16,19H2,1-7H3,(H,39,43)/t20-,23-,27+,28+,30-,34-/m1/s1. The number of hydrogen-bond donors (Lipinski definition) is 1. The number of nitrogens with zero attached hydrogens (tertiary/aromatic N) is 2. The highest BCUT2D eigenvalue weighted by Gasteiger charge is 2.50. The van der Waals surface area contributed by atoms with Crippen molar-refractivity contribution < 1.29 is 37.4 Å². The van der Waals surface area contributed by atoms with E-state index >= 15 is 8.78 Å². The molecule has 2 bridgehead atoms. The number of rotatable bonds is 2. The number of pyridine rings is 1. The molecular weight excluding hydrogens is 596 g/mol. The summed E-state index contributed by atoms with van der Waals surface area (Å²) in [7, 11) is 1.52. The van der Waals surface area contributed by atoms with E-state index in [0.29, 0.717) is 35.9 Å². The highest BCUT2D eigenvalue weighted by molar-refractivity contribution is 5.92. The van der Waals surface area contributed by atoms with Crippen LogP contribution in [-0.2, 0) is 20.2 Å². The van der Waals surface area contributed by atoms with Crippen LogP contribution in [0.2, 0.25) is 0 Å². The molecule has 6 atom stereocenters. The van der Waals surface area contributed by atoms with Gasteiger partial charge in [-0.05, 0) is 81.5 Å². The molecule has 46 heavy (non-hydrogen) atoms. The quantitative estimate of drug-likeness (QED) is 0.384. The van der Waals surface area contributed by atoms with Crippen LogP contribution in [0.4, 0.5) is 13.6 Å². The number of carbonyl (C=O) groups is 3. The van der Waals surface area contributed by atoms with E-state index in [1.807, 2.05) is 27.7 Å². The van der Waals surface area contributed by atoms with Crippen LogP contribution in [0.5, 0.6) is 11.5 Å². The molecule has 3 heterocycles. The predicted octanol–water partition coefficient (Wildman–Crippen LogP) is 6.79. The van der Waals surface area contributed by atoms with Gasteiger partial charge in [0.05, 0.1) is 25.2 Å². The van der Waals surface area contributed by atoms with E-state index in [9.17, 15) is 14.4 Å². The fourth-order valence-electron chi connectivity index (χ4n) is 7.52. The third-order valence-electron chi connectivity index (χ3n) is 10.2. The smallest absolute Gasteiger partial charge is 0.408 e. The maximum Gasteiger partial charge on any atom is 0.408 e. The number of alkyl halides is 2. The molecule has 1 aliphatic carbocycles.